The van der Waals surface area contributed by atoms with Gasteiger partial charge in [0.1, 0.15) is 5.75 Å². The number of methoxy groups -OCH3 is 2. The summed E-state index contributed by atoms with van der Waals surface area (Å²) in [7, 11) is 3.04. The Labute approximate surface area is 164 Å². The zero-order valence-corrected chi connectivity index (χ0v) is 16.7. The number of ether oxygens (including phenoxy) is 2. The SMILES string of the molecule is COC(=O)c1c(SC)cc(-c2ccc(C)cc2)c(OC)c1-c1ccccc1. The Morgan fingerprint density at radius 1 is 0.926 bits per heavy atom. The van der Waals surface area contributed by atoms with Gasteiger partial charge in [-0.1, -0.05) is 60.2 Å². The highest BCUT2D eigenvalue weighted by Crippen LogP contribution is 2.45. The largest absolute Gasteiger partial charge is 0.495 e. The van der Waals surface area contributed by atoms with Gasteiger partial charge in [0.05, 0.1) is 19.8 Å². The van der Waals surface area contributed by atoms with Gasteiger partial charge >= 0.3 is 5.97 Å². The van der Waals surface area contributed by atoms with Gasteiger partial charge in [-0.15, -0.1) is 11.8 Å². The number of aryl methyl sites for hydroxylation is 1. The second-order valence-corrected chi connectivity index (χ2v) is 6.98. The second kappa shape index (κ2) is 8.31. The number of thioether (sulfide) groups is 1. The standard InChI is InChI=1S/C23H22O3S/c1-15-10-12-16(13-11-15)18-14-19(27-4)21(23(24)26-3)20(22(18)25-2)17-8-6-5-7-9-17/h5-14H,1-4H3. The number of carbonyl (C=O) groups is 1. The molecule has 0 radical (unpaired) electrons. The highest BCUT2D eigenvalue weighted by atomic mass is 32.2. The number of esters is 1. The quantitative estimate of drug-likeness (QED) is 0.412. The maximum Gasteiger partial charge on any atom is 0.339 e. The maximum atomic E-state index is 12.7. The molecule has 0 N–H and O–H groups in total. The average molecular weight is 378 g/mol. The van der Waals surface area contributed by atoms with Crippen molar-refractivity contribution in [2.24, 2.45) is 0 Å². The molecule has 3 aromatic carbocycles. The summed E-state index contributed by atoms with van der Waals surface area (Å²) in [6.07, 6.45) is 1.96. The number of carbonyl (C=O) groups excluding carboxylic acids is 1. The van der Waals surface area contributed by atoms with E-state index < -0.39 is 0 Å². The zero-order chi connectivity index (χ0) is 19.4. The van der Waals surface area contributed by atoms with E-state index in [0.717, 1.165) is 27.1 Å². The molecule has 138 valence electrons. The van der Waals surface area contributed by atoms with Gasteiger partial charge in [-0.25, -0.2) is 4.79 Å². The minimum absolute atomic E-state index is 0.369. The van der Waals surface area contributed by atoms with Crippen LogP contribution in [0.2, 0.25) is 0 Å². The van der Waals surface area contributed by atoms with Crippen LogP contribution >= 0.6 is 11.8 Å². The first-order valence-electron chi connectivity index (χ1n) is 8.60. The van der Waals surface area contributed by atoms with E-state index in [2.05, 4.69) is 31.2 Å². The summed E-state index contributed by atoms with van der Waals surface area (Å²) >= 11 is 1.52. The van der Waals surface area contributed by atoms with Gasteiger partial charge < -0.3 is 9.47 Å². The van der Waals surface area contributed by atoms with E-state index in [1.807, 2.05) is 42.7 Å². The predicted octanol–water partition coefficient (Wildman–Crippen LogP) is 5.85. The summed E-state index contributed by atoms with van der Waals surface area (Å²) in [4.78, 5) is 13.5. The molecule has 3 rings (SSSR count). The number of hydrogen-bond donors (Lipinski definition) is 0. The van der Waals surface area contributed by atoms with Crippen molar-refractivity contribution in [3.63, 3.8) is 0 Å². The molecule has 4 heteroatoms. The lowest BCUT2D eigenvalue weighted by Gasteiger charge is -2.20. The van der Waals surface area contributed by atoms with E-state index in [1.165, 1.54) is 24.4 Å². The fraction of sp³-hybridized carbons (Fsp3) is 0.174. The summed E-state index contributed by atoms with van der Waals surface area (Å²) in [5, 5.41) is 0. The van der Waals surface area contributed by atoms with Crippen LogP contribution < -0.4 is 4.74 Å². The molecule has 0 spiro atoms. The van der Waals surface area contributed by atoms with E-state index in [1.54, 1.807) is 7.11 Å². The Hall–Kier alpha value is -2.72. The Bertz CT molecular complexity index is 948. The topological polar surface area (TPSA) is 35.5 Å². The van der Waals surface area contributed by atoms with Crippen molar-refractivity contribution in [2.75, 3.05) is 20.5 Å². The van der Waals surface area contributed by atoms with Crippen LogP contribution in [-0.4, -0.2) is 26.4 Å². The summed E-state index contributed by atoms with van der Waals surface area (Å²) in [5.41, 5.74) is 5.39. The van der Waals surface area contributed by atoms with Crippen LogP contribution in [0.5, 0.6) is 5.75 Å². The molecular weight excluding hydrogens is 356 g/mol. The summed E-state index contributed by atoms with van der Waals surface area (Å²) in [6, 6.07) is 20.1. The van der Waals surface area contributed by atoms with Gasteiger partial charge in [0, 0.05) is 16.0 Å². The van der Waals surface area contributed by atoms with Crippen LogP contribution in [0.4, 0.5) is 0 Å². The molecule has 0 aliphatic rings. The zero-order valence-electron chi connectivity index (χ0n) is 15.9. The van der Waals surface area contributed by atoms with Crippen LogP contribution in [0.1, 0.15) is 15.9 Å². The molecular formula is C23H22O3S. The first-order chi connectivity index (χ1) is 13.1. The minimum atomic E-state index is -0.369. The summed E-state index contributed by atoms with van der Waals surface area (Å²) in [5.74, 6) is 0.301. The van der Waals surface area contributed by atoms with Gasteiger partial charge in [0.2, 0.25) is 0 Å². The van der Waals surface area contributed by atoms with Crippen LogP contribution in [0.25, 0.3) is 22.3 Å². The highest BCUT2D eigenvalue weighted by molar-refractivity contribution is 7.98. The number of benzene rings is 3. The first kappa shape index (κ1) is 19.1. The predicted molar refractivity (Wildman–Crippen MR) is 112 cm³/mol. The lowest BCUT2D eigenvalue weighted by molar-refractivity contribution is 0.0597. The van der Waals surface area contributed by atoms with Crippen LogP contribution in [0.3, 0.4) is 0 Å². The van der Waals surface area contributed by atoms with Crippen LogP contribution in [0, 0.1) is 6.92 Å². The number of hydrogen-bond acceptors (Lipinski definition) is 4. The lowest BCUT2D eigenvalue weighted by Crippen LogP contribution is -2.08. The van der Waals surface area contributed by atoms with Gasteiger partial charge in [-0.05, 0) is 30.4 Å². The molecule has 0 fully saturated rings. The van der Waals surface area contributed by atoms with E-state index in [4.69, 9.17) is 9.47 Å². The molecule has 0 atom stereocenters. The van der Waals surface area contributed by atoms with E-state index in [-0.39, 0.29) is 5.97 Å². The van der Waals surface area contributed by atoms with Crippen molar-refractivity contribution in [2.45, 2.75) is 11.8 Å². The third-order valence-corrected chi connectivity index (χ3v) is 5.24. The van der Waals surface area contributed by atoms with Crippen molar-refractivity contribution in [3.05, 3.63) is 71.8 Å². The highest BCUT2D eigenvalue weighted by Gasteiger charge is 2.25. The monoisotopic (exact) mass is 378 g/mol. The van der Waals surface area contributed by atoms with Crippen molar-refractivity contribution >= 4 is 17.7 Å². The number of rotatable bonds is 5. The Balaban J connectivity index is 2.41. The smallest absolute Gasteiger partial charge is 0.339 e. The van der Waals surface area contributed by atoms with Gasteiger partial charge in [-0.2, -0.15) is 0 Å². The summed E-state index contributed by atoms with van der Waals surface area (Å²) < 4.78 is 10.9. The molecule has 3 nitrogen and oxygen atoms in total. The van der Waals surface area contributed by atoms with Crippen molar-refractivity contribution in [3.8, 4) is 28.0 Å². The fourth-order valence-corrected chi connectivity index (χ4v) is 3.77. The maximum absolute atomic E-state index is 12.7. The molecule has 0 bridgehead atoms. The lowest BCUT2D eigenvalue weighted by atomic mass is 9.92. The molecule has 0 aliphatic carbocycles. The molecule has 0 heterocycles. The molecule has 27 heavy (non-hydrogen) atoms. The molecule has 0 aromatic heterocycles. The Morgan fingerprint density at radius 2 is 1.59 bits per heavy atom. The van der Waals surface area contributed by atoms with Gasteiger partial charge in [0.25, 0.3) is 0 Å². The molecule has 3 aromatic rings. The first-order valence-corrected chi connectivity index (χ1v) is 9.83. The van der Waals surface area contributed by atoms with E-state index in [0.29, 0.717) is 11.3 Å². The normalized spacial score (nSPS) is 10.5. The minimum Gasteiger partial charge on any atom is -0.495 e. The van der Waals surface area contributed by atoms with Crippen LogP contribution in [-0.2, 0) is 4.74 Å². The second-order valence-electron chi connectivity index (χ2n) is 6.13. The fourth-order valence-electron chi connectivity index (χ4n) is 3.15. The molecule has 0 saturated heterocycles. The van der Waals surface area contributed by atoms with Crippen molar-refractivity contribution in [1.82, 2.24) is 0 Å². The van der Waals surface area contributed by atoms with Crippen molar-refractivity contribution in [1.29, 1.82) is 0 Å². The van der Waals surface area contributed by atoms with Crippen LogP contribution in [0.15, 0.2) is 65.6 Å². The van der Waals surface area contributed by atoms with E-state index >= 15 is 0 Å². The average Bonchev–Trinajstić information content (AvgIpc) is 2.72. The van der Waals surface area contributed by atoms with Gasteiger partial charge in [0.15, 0.2) is 0 Å². The van der Waals surface area contributed by atoms with Gasteiger partial charge in [-0.3, -0.25) is 0 Å². The molecule has 0 saturated carbocycles. The van der Waals surface area contributed by atoms with Crippen molar-refractivity contribution < 1.29 is 14.3 Å². The Morgan fingerprint density at radius 3 is 2.15 bits per heavy atom. The molecule has 0 aliphatic heterocycles. The third-order valence-electron chi connectivity index (χ3n) is 4.48. The van der Waals surface area contributed by atoms with E-state index in [9.17, 15) is 4.79 Å². The third kappa shape index (κ3) is 3.71. The summed E-state index contributed by atoms with van der Waals surface area (Å²) in [6.45, 7) is 2.06. The molecule has 0 amide bonds. The Kier molecular flexibility index (Phi) is 5.87. The molecule has 0 unspecified atom stereocenters.